The number of carbonyl (C=O) groups is 2. The second-order valence-electron chi connectivity index (χ2n) is 11.3. The number of hydrogen-bond acceptors (Lipinski definition) is 5. The fourth-order valence-electron chi connectivity index (χ4n) is 6.74. The summed E-state index contributed by atoms with van der Waals surface area (Å²) in [6.07, 6.45) is 12.2. The maximum absolute atomic E-state index is 14.0. The average molecular weight is 489 g/mol. The van der Waals surface area contributed by atoms with Gasteiger partial charge in [-0.25, -0.2) is 9.69 Å². The molecule has 3 amide bonds. The quantitative estimate of drug-likeness (QED) is 0.308. The molecule has 0 radical (unpaired) electrons. The largest absolute Gasteiger partial charge is 0.393 e. The van der Waals surface area contributed by atoms with E-state index in [1.165, 1.54) is 0 Å². The Labute approximate surface area is 210 Å². The summed E-state index contributed by atoms with van der Waals surface area (Å²) >= 11 is 0. The molecule has 3 aliphatic rings. The minimum atomic E-state index is -1.18. The van der Waals surface area contributed by atoms with E-state index in [0.29, 0.717) is 18.8 Å². The number of nitrogens with zero attached hydrogens (tertiary/aromatic N) is 1. The van der Waals surface area contributed by atoms with Gasteiger partial charge in [0.1, 0.15) is 0 Å². The van der Waals surface area contributed by atoms with E-state index in [-0.39, 0.29) is 42.0 Å². The second kappa shape index (κ2) is 11.4. The molecule has 0 spiro atoms. The van der Waals surface area contributed by atoms with Crippen molar-refractivity contribution in [3.8, 4) is 0 Å². The van der Waals surface area contributed by atoms with Crippen LogP contribution in [0, 0.1) is 40.9 Å². The van der Waals surface area contributed by atoms with E-state index in [9.17, 15) is 24.9 Å². The molecule has 1 aliphatic heterocycles. The lowest BCUT2D eigenvalue weighted by molar-refractivity contribution is -0.156. The van der Waals surface area contributed by atoms with Crippen LogP contribution < -0.4 is 5.32 Å². The van der Waals surface area contributed by atoms with Gasteiger partial charge in [0.15, 0.2) is 6.23 Å². The highest BCUT2D eigenvalue weighted by atomic mass is 16.3. The number of amides is 3. The Kier molecular flexibility index (Phi) is 9.00. The molecule has 0 aromatic rings. The first-order valence-corrected chi connectivity index (χ1v) is 13.2. The minimum Gasteiger partial charge on any atom is -0.393 e. The number of urea groups is 1. The molecule has 3 rings (SSSR count). The summed E-state index contributed by atoms with van der Waals surface area (Å²) < 4.78 is 0. The fraction of sp³-hybridized carbons (Fsp3) is 0.714. The standard InChI is InChI=1S/C28H44N2O5/c1-6-23(32)18(3)9-7-8-10-22(31)15-21-12-11-20-14-17(2)13-19(4)25(20)28(21,5)26(34)30-24(33)16-29-27(30)35/h7-12,17-25,31-33H,6,13-16H2,1-5H3,(H,29,35)/b9-7+,10-8+. The van der Waals surface area contributed by atoms with Gasteiger partial charge >= 0.3 is 6.03 Å². The number of carbonyl (C=O) groups excluding carboxylic acids is 2. The van der Waals surface area contributed by atoms with Crippen LogP contribution in [-0.4, -0.2) is 57.1 Å². The van der Waals surface area contributed by atoms with Gasteiger partial charge in [0, 0.05) is 5.92 Å². The first-order chi connectivity index (χ1) is 16.5. The third kappa shape index (κ3) is 5.73. The monoisotopic (exact) mass is 488 g/mol. The zero-order valence-electron chi connectivity index (χ0n) is 21.8. The number of nitrogens with one attached hydrogen (secondary N) is 1. The number of hydrogen-bond donors (Lipinski definition) is 4. The lowest BCUT2D eigenvalue weighted by Gasteiger charge is -2.54. The summed E-state index contributed by atoms with van der Waals surface area (Å²) in [6.45, 7) is 10.3. The Hall–Kier alpha value is -1.96. The predicted molar refractivity (Wildman–Crippen MR) is 136 cm³/mol. The Bertz CT molecular complexity index is 854. The molecule has 10 atom stereocenters. The first-order valence-electron chi connectivity index (χ1n) is 13.2. The molecular formula is C28H44N2O5. The summed E-state index contributed by atoms with van der Waals surface area (Å²) in [6, 6.07) is -0.556. The number of aliphatic hydroxyl groups is 3. The van der Waals surface area contributed by atoms with Gasteiger partial charge in [0.25, 0.3) is 0 Å². The molecular weight excluding hydrogens is 444 g/mol. The molecule has 196 valence electrons. The van der Waals surface area contributed by atoms with Crippen LogP contribution in [-0.2, 0) is 4.79 Å². The van der Waals surface area contributed by atoms with Gasteiger partial charge in [-0.2, -0.15) is 0 Å². The van der Waals surface area contributed by atoms with Crippen LogP contribution in [0.4, 0.5) is 4.79 Å². The van der Waals surface area contributed by atoms with E-state index in [0.717, 1.165) is 17.7 Å². The molecule has 2 aliphatic carbocycles. The van der Waals surface area contributed by atoms with Crippen molar-refractivity contribution in [1.82, 2.24) is 10.2 Å². The molecule has 2 fully saturated rings. The van der Waals surface area contributed by atoms with Crippen molar-refractivity contribution in [2.75, 3.05) is 6.54 Å². The number of aliphatic hydroxyl groups excluding tert-OH is 3. The number of β-amino-alcohol motifs (C(OH)–C–C–N with tert-alkyl or cyclic N) is 1. The first kappa shape index (κ1) is 27.6. The zero-order chi connectivity index (χ0) is 25.9. The van der Waals surface area contributed by atoms with Crippen molar-refractivity contribution in [2.24, 2.45) is 40.9 Å². The van der Waals surface area contributed by atoms with Crippen molar-refractivity contribution < 1.29 is 24.9 Å². The highest BCUT2D eigenvalue weighted by Gasteiger charge is 2.57. The molecule has 4 N–H and O–H groups in total. The molecule has 1 heterocycles. The molecule has 7 heteroatoms. The van der Waals surface area contributed by atoms with Gasteiger partial charge in [-0.3, -0.25) is 4.79 Å². The molecule has 0 aromatic heterocycles. The molecule has 7 nitrogen and oxygen atoms in total. The van der Waals surface area contributed by atoms with Gasteiger partial charge in [-0.15, -0.1) is 0 Å². The lowest BCUT2D eigenvalue weighted by atomic mass is 9.51. The van der Waals surface area contributed by atoms with E-state index in [1.807, 2.05) is 32.9 Å². The Morgan fingerprint density at radius 2 is 1.91 bits per heavy atom. The van der Waals surface area contributed by atoms with Gasteiger partial charge in [0.05, 0.1) is 24.2 Å². The molecule has 1 saturated carbocycles. The highest BCUT2D eigenvalue weighted by molar-refractivity contribution is 5.99. The smallest absolute Gasteiger partial charge is 0.326 e. The normalized spacial score (nSPS) is 37.9. The van der Waals surface area contributed by atoms with Crippen molar-refractivity contribution in [1.29, 1.82) is 0 Å². The summed E-state index contributed by atoms with van der Waals surface area (Å²) in [5, 5.41) is 33.7. The van der Waals surface area contributed by atoms with Crippen LogP contribution in [0.5, 0.6) is 0 Å². The van der Waals surface area contributed by atoms with Gasteiger partial charge in [0.2, 0.25) is 5.91 Å². The topological polar surface area (TPSA) is 110 Å². The van der Waals surface area contributed by atoms with E-state index >= 15 is 0 Å². The van der Waals surface area contributed by atoms with E-state index in [2.05, 4.69) is 31.3 Å². The van der Waals surface area contributed by atoms with Gasteiger partial charge in [-0.05, 0) is 62.2 Å². The van der Waals surface area contributed by atoms with Crippen molar-refractivity contribution in [3.05, 3.63) is 36.5 Å². The van der Waals surface area contributed by atoms with Crippen LogP contribution in [0.1, 0.15) is 60.3 Å². The number of imide groups is 1. The third-order valence-electron chi connectivity index (χ3n) is 8.59. The van der Waals surface area contributed by atoms with Crippen molar-refractivity contribution >= 4 is 11.9 Å². The van der Waals surface area contributed by atoms with Crippen LogP contribution in [0.3, 0.4) is 0 Å². The Morgan fingerprint density at radius 1 is 1.23 bits per heavy atom. The van der Waals surface area contributed by atoms with Gasteiger partial charge in [-0.1, -0.05) is 64.2 Å². The molecule has 0 bridgehead atoms. The third-order valence-corrected chi connectivity index (χ3v) is 8.59. The number of rotatable bonds is 8. The summed E-state index contributed by atoms with van der Waals surface area (Å²) in [5.41, 5.74) is -0.925. The molecule has 10 unspecified atom stereocenters. The number of allylic oxidation sites excluding steroid dienone is 4. The van der Waals surface area contributed by atoms with Crippen LogP contribution in [0.2, 0.25) is 0 Å². The fourth-order valence-corrected chi connectivity index (χ4v) is 6.74. The summed E-state index contributed by atoms with van der Waals surface area (Å²) in [4.78, 5) is 27.4. The minimum absolute atomic E-state index is 0.0223. The predicted octanol–water partition coefficient (Wildman–Crippen LogP) is 3.62. The highest BCUT2D eigenvalue weighted by Crippen LogP contribution is 2.56. The SMILES string of the molecule is CCC(O)C(C)/C=C/C=C/C(O)CC1C=CC2CC(C)CC(C)C2C1(C)C(=O)N1C(=O)NCC1O. The summed E-state index contributed by atoms with van der Waals surface area (Å²) in [5.74, 6) is 0.463. The maximum atomic E-state index is 14.0. The zero-order valence-corrected chi connectivity index (χ0v) is 21.8. The van der Waals surface area contributed by atoms with Crippen LogP contribution >= 0.6 is 0 Å². The van der Waals surface area contributed by atoms with E-state index in [1.54, 1.807) is 12.2 Å². The maximum Gasteiger partial charge on any atom is 0.326 e. The van der Waals surface area contributed by atoms with Crippen LogP contribution in [0.15, 0.2) is 36.5 Å². The number of fused-ring (bicyclic) bond motifs is 1. The average Bonchev–Trinajstić information content (AvgIpc) is 3.14. The molecule has 1 saturated heterocycles. The Morgan fingerprint density at radius 3 is 2.54 bits per heavy atom. The second-order valence-corrected chi connectivity index (χ2v) is 11.3. The summed E-state index contributed by atoms with van der Waals surface area (Å²) in [7, 11) is 0. The Balaban J connectivity index is 1.85. The van der Waals surface area contributed by atoms with Crippen molar-refractivity contribution in [3.63, 3.8) is 0 Å². The van der Waals surface area contributed by atoms with E-state index in [4.69, 9.17) is 0 Å². The molecule has 0 aromatic carbocycles. The van der Waals surface area contributed by atoms with E-state index < -0.39 is 29.9 Å². The lowest BCUT2D eigenvalue weighted by Crippen LogP contribution is -2.58. The van der Waals surface area contributed by atoms with Crippen LogP contribution in [0.25, 0.3) is 0 Å². The van der Waals surface area contributed by atoms with Gasteiger partial charge < -0.3 is 20.6 Å². The molecule has 35 heavy (non-hydrogen) atoms. The van der Waals surface area contributed by atoms with Crippen molar-refractivity contribution in [2.45, 2.75) is 78.7 Å².